The number of nitro groups is 1. The monoisotopic (exact) mass is 353 g/mol. The highest BCUT2D eigenvalue weighted by Gasteiger charge is 2.11. The molecule has 1 fully saturated rings. The highest BCUT2D eigenvalue weighted by Crippen LogP contribution is 2.20. The summed E-state index contributed by atoms with van der Waals surface area (Å²) >= 11 is 0. The molecule has 1 saturated heterocycles. The number of non-ortho nitro benzene ring substituents is 1. The third-order valence-electron chi connectivity index (χ3n) is 4.70. The summed E-state index contributed by atoms with van der Waals surface area (Å²) in [5.74, 6) is -0.218. The highest BCUT2D eigenvalue weighted by molar-refractivity contribution is 5.94. The number of rotatable bonds is 6. The molecule has 2 aromatic carbocycles. The first-order valence-corrected chi connectivity index (χ1v) is 9.00. The van der Waals surface area contributed by atoms with Crippen LogP contribution in [0, 0.1) is 10.1 Å². The van der Waals surface area contributed by atoms with Crippen molar-refractivity contribution < 1.29 is 9.72 Å². The van der Waals surface area contributed by atoms with Crippen LogP contribution in [-0.4, -0.2) is 30.5 Å². The van der Waals surface area contributed by atoms with Crippen LogP contribution in [0.2, 0.25) is 0 Å². The number of hydrogen-bond donors (Lipinski definition) is 1. The van der Waals surface area contributed by atoms with Crippen molar-refractivity contribution in [1.29, 1.82) is 0 Å². The minimum absolute atomic E-state index is 0.0182. The molecule has 1 aliphatic rings. The lowest BCUT2D eigenvalue weighted by Gasteiger charge is -2.28. The molecule has 1 N–H and O–H groups in total. The van der Waals surface area contributed by atoms with E-state index in [-0.39, 0.29) is 11.6 Å². The Kier molecular flexibility index (Phi) is 5.84. The van der Waals surface area contributed by atoms with Gasteiger partial charge in [0, 0.05) is 43.0 Å². The fourth-order valence-electron chi connectivity index (χ4n) is 3.18. The Morgan fingerprint density at radius 1 is 1.00 bits per heavy atom. The molecule has 0 spiro atoms. The number of amides is 1. The second kappa shape index (κ2) is 8.47. The number of nitro benzene ring substituents is 1. The lowest BCUT2D eigenvalue weighted by molar-refractivity contribution is -0.384. The Bertz CT molecular complexity index is 751. The third kappa shape index (κ3) is 4.59. The van der Waals surface area contributed by atoms with Crippen LogP contribution in [0.3, 0.4) is 0 Å². The van der Waals surface area contributed by atoms with Gasteiger partial charge in [0.1, 0.15) is 0 Å². The second-order valence-electron chi connectivity index (χ2n) is 6.52. The van der Waals surface area contributed by atoms with E-state index in [1.807, 2.05) is 0 Å². The average Bonchev–Trinajstić information content (AvgIpc) is 2.69. The van der Waals surface area contributed by atoms with Crippen molar-refractivity contribution >= 4 is 17.3 Å². The van der Waals surface area contributed by atoms with Crippen LogP contribution in [0.5, 0.6) is 0 Å². The van der Waals surface area contributed by atoms with E-state index in [4.69, 9.17) is 0 Å². The number of anilines is 1. The Labute approximate surface area is 153 Å². The van der Waals surface area contributed by atoms with Gasteiger partial charge in [-0.25, -0.2) is 0 Å². The number of carbonyl (C=O) groups excluding carboxylic acids is 1. The molecule has 6 heteroatoms. The van der Waals surface area contributed by atoms with Crippen LogP contribution in [0.1, 0.15) is 35.2 Å². The number of nitrogens with one attached hydrogen (secondary N) is 1. The van der Waals surface area contributed by atoms with Crippen LogP contribution in [-0.2, 0) is 6.42 Å². The summed E-state index contributed by atoms with van der Waals surface area (Å²) in [7, 11) is 0. The zero-order valence-corrected chi connectivity index (χ0v) is 14.7. The summed E-state index contributed by atoms with van der Waals surface area (Å²) in [5, 5.41) is 13.5. The lowest BCUT2D eigenvalue weighted by Crippen LogP contribution is -2.29. The fraction of sp³-hybridized carbons (Fsp3) is 0.350. The van der Waals surface area contributed by atoms with E-state index in [1.165, 1.54) is 54.8 Å². The van der Waals surface area contributed by atoms with Gasteiger partial charge in [-0.15, -0.1) is 0 Å². The van der Waals surface area contributed by atoms with Gasteiger partial charge in [-0.2, -0.15) is 0 Å². The van der Waals surface area contributed by atoms with Gasteiger partial charge in [0.05, 0.1) is 4.92 Å². The average molecular weight is 353 g/mol. The van der Waals surface area contributed by atoms with Gasteiger partial charge in [-0.1, -0.05) is 12.1 Å². The lowest BCUT2D eigenvalue weighted by atomic mass is 10.1. The molecule has 3 rings (SSSR count). The Balaban J connectivity index is 1.48. The molecule has 1 heterocycles. The van der Waals surface area contributed by atoms with Crippen molar-refractivity contribution in [2.45, 2.75) is 25.7 Å². The summed E-state index contributed by atoms with van der Waals surface area (Å²) in [4.78, 5) is 24.7. The van der Waals surface area contributed by atoms with E-state index in [0.29, 0.717) is 12.1 Å². The topological polar surface area (TPSA) is 75.5 Å². The normalized spacial score (nSPS) is 14.1. The van der Waals surface area contributed by atoms with Gasteiger partial charge < -0.3 is 10.2 Å². The van der Waals surface area contributed by atoms with Crippen molar-refractivity contribution in [3.05, 3.63) is 69.8 Å². The maximum absolute atomic E-state index is 12.1. The summed E-state index contributed by atoms with van der Waals surface area (Å²) in [6, 6.07) is 14.2. The maximum atomic E-state index is 12.1. The Morgan fingerprint density at radius 3 is 2.27 bits per heavy atom. The molecule has 0 atom stereocenters. The SMILES string of the molecule is O=C(NCCc1ccc(N2CCCCC2)cc1)c1ccc([N+](=O)[O-])cc1. The molecule has 0 aromatic heterocycles. The fourth-order valence-corrected chi connectivity index (χ4v) is 3.18. The minimum Gasteiger partial charge on any atom is -0.372 e. The van der Waals surface area contributed by atoms with E-state index in [2.05, 4.69) is 34.5 Å². The molecule has 2 aromatic rings. The van der Waals surface area contributed by atoms with Crippen LogP contribution < -0.4 is 10.2 Å². The van der Waals surface area contributed by atoms with Gasteiger partial charge >= 0.3 is 0 Å². The predicted octanol–water partition coefficient (Wildman–Crippen LogP) is 3.56. The standard InChI is InChI=1S/C20H23N3O3/c24-20(17-6-10-19(11-7-17)23(25)26)21-13-12-16-4-8-18(9-5-16)22-14-2-1-3-15-22/h4-11H,1-3,12-15H2,(H,21,24). The van der Waals surface area contributed by atoms with Crippen LogP contribution in [0.15, 0.2) is 48.5 Å². The van der Waals surface area contributed by atoms with E-state index in [9.17, 15) is 14.9 Å². The number of nitrogens with zero attached hydrogens (tertiary/aromatic N) is 2. The maximum Gasteiger partial charge on any atom is 0.269 e. The smallest absolute Gasteiger partial charge is 0.269 e. The zero-order valence-electron chi connectivity index (χ0n) is 14.7. The molecule has 0 bridgehead atoms. The summed E-state index contributed by atoms with van der Waals surface area (Å²) in [6.07, 6.45) is 4.59. The number of carbonyl (C=O) groups is 1. The zero-order chi connectivity index (χ0) is 18.4. The number of benzene rings is 2. The van der Waals surface area contributed by atoms with Crippen molar-refractivity contribution in [3.63, 3.8) is 0 Å². The van der Waals surface area contributed by atoms with Crippen LogP contribution in [0.25, 0.3) is 0 Å². The number of hydrogen-bond acceptors (Lipinski definition) is 4. The highest BCUT2D eigenvalue weighted by atomic mass is 16.6. The van der Waals surface area contributed by atoms with Crippen molar-refractivity contribution in [3.8, 4) is 0 Å². The van der Waals surface area contributed by atoms with Crippen molar-refractivity contribution in [1.82, 2.24) is 5.32 Å². The van der Waals surface area contributed by atoms with Gasteiger partial charge in [-0.05, 0) is 55.5 Å². The predicted molar refractivity (Wildman–Crippen MR) is 102 cm³/mol. The summed E-state index contributed by atoms with van der Waals surface area (Å²) in [6.45, 7) is 2.79. The largest absolute Gasteiger partial charge is 0.372 e. The molecule has 6 nitrogen and oxygen atoms in total. The molecule has 0 saturated carbocycles. The molecule has 1 aliphatic heterocycles. The van der Waals surface area contributed by atoms with Gasteiger partial charge in [-0.3, -0.25) is 14.9 Å². The molecule has 136 valence electrons. The second-order valence-corrected chi connectivity index (χ2v) is 6.52. The third-order valence-corrected chi connectivity index (χ3v) is 4.70. The van der Waals surface area contributed by atoms with Crippen LogP contribution in [0.4, 0.5) is 11.4 Å². The molecule has 1 amide bonds. The molecule has 0 aliphatic carbocycles. The first-order chi connectivity index (χ1) is 12.6. The molecular formula is C20H23N3O3. The van der Waals surface area contributed by atoms with E-state index >= 15 is 0 Å². The summed E-state index contributed by atoms with van der Waals surface area (Å²) < 4.78 is 0. The Hall–Kier alpha value is -2.89. The van der Waals surface area contributed by atoms with E-state index in [1.54, 1.807) is 0 Å². The van der Waals surface area contributed by atoms with Gasteiger partial charge in [0.15, 0.2) is 0 Å². The van der Waals surface area contributed by atoms with Crippen molar-refractivity contribution in [2.75, 3.05) is 24.5 Å². The van der Waals surface area contributed by atoms with E-state index < -0.39 is 4.92 Å². The Morgan fingerprint density at radius 2 is 1.65 bits per heavy atom. The number of piperidine rings is 1. The quantitative estimate of drug-likeness (QED) is 0.636. The van der Waals surface area contributed by atoms with Crippen molar-refractivity contribution in [2.24, 2.45) is 0 Å². The molecule has 0 radical (unpaired) electrons. The first-order valence-electron chi connectivity index (χ1n) is 9.00. The van der Waals surface area contributed by atoms with Gasteiger partial charge in [0.2, 0.25) is 0 Å². The minimum atomic E-state index is -0.477. The molecule has 0 unspecified atom stereocenters. The summed E-state index contributed by atoms with van der Waals surface area (Å²) in [5.41, 5.74) is 2.85. The molecule has 26 heavy (non-hydrogen) atoms. The van der Waals surface area contributed by atoms with E-state index in [0.717, 1.165) is 19.5 Å². The van der Waals surface area contributed by atoms with Crippen LogP contribution >= 0.6 is 0 Å². The van der Waals surface area contributed by atoms with Gasteiger partial charge in [0.25, 0.3) is 11.6 Å². The first kappa shape index (κ1) is 17.9. The molecular weight excluding hydrogens is 330 g/mol.